The molecule has 21 heavy (non-hydrogen) atoms. The average Bonchev–Trinajstić information content (AvgIpc) is 3.23. The van der Waals surface area contributed by atoms with Crippen molar-refractivity contribution in [3.8, 4) is 6.07 Å². The molecule has 110 valence electrons. The first kappa shape index (κ1) is 15.3. The lowest BCUT2D eigenvalue weighted by Crippen LogP contribution is -2.15. The van der Waals surface area contributed by atoms with Crippen LogP contribution in [-0.4, -0.2) is 15.1 Å². The summed E-state index contributed by atoms with van der Waals surface area (Å²) in [5.74, 6) is -0.0637. The Hall–Kier alpha value is -2.14. The summed E-state index contributed by atoms with van der Waals surface area (Å²) in [6.07, 6.45) is -2.22. The normalized spacial score (nSPS) is 15.9. The minimum absolute atomic E-state index is 0.0556. The third kappa shape index (κ3) is 3.70. The van der Waals surface area contributed by atoms with Crippen LogP contribution in [0.1, 0.15) is 18.4 Å². The summed E-state index contributed by atoms with van der Waals surface area (Å²) in [5, 5.41) is 21.4. The molecule has 0 unspecified atom stereocenters. The molecular weight excluding hydrogens is 303 g/mol. The maximum atomic E-state index is 12.4. The highest BCUT2D eigenvalue weighted by atomic mass is 32.1. The first-order valence-corrected chi connectivity index (χ1v) is 6.41. The Balaban J connectivity index is 2.13. The summed E-state index contributed by atoms with van der Waals surface area (Å²) in [6, 6.07) is 3.76. The number of hydrogen-bond donors (Lipinski definition) is 2. The third-order valence-corrected chi connectivity index (χ3v) is 3.20. The van der Waals surface area contributed by atoms with Gasteiger partial charge in [-0.05, 0) is 25.0 Å². The van der Waals surface area contributed by atoms with Crippen molar-refractivity contribution in [2.45, 2.75) is 19.0 Å². The van der Waals surface area contributed by atoms with Crippen molar-refractivity contribution in [3.63, 3.8) is 0 Å². The van der Waals surface area contributed by atoms with E-state index in [1.165, 1.54) is 0 Å². The molecule has 0 atom stereocenters. The van der Waals surface area contributed by atoms with E-state index in [0.29, 0.717) is 6.20 Å². The molecule has 1 fully saturated rings. The number of rotatable bonds is 3. The summed E-state index contributed by atoms with van der Waals surface area (Å²) < 4.78 is 37.2. The van der Waals surface area contributed by atoms with Crippen LogP contribution in [0.4, 0.5) is 19.0 Å². The average molecular weight is 313 g/mol. The fourth-order valence-electron chi connectivity index (χ4n) is 1.60. The fraction of sp³-hybridized carbons (Fsp3) is 0.308. The Morgan fingerprint density at radius 3 is 2.52 bits per heavy atom. The van der Waals surface area contributed by atoms with Crippen LogP contribution < -0.4 is 5.32 Å². The smallest absolute Gasteiger partial charge is 0.417 e. The number of nitriles is 1. The SMILES string of the molecule is N#CC(C(=S)Nc1ccc(C(F)(F)F)cn1)=C(O)C1CC1. The zero-order valence-electron chi connectivity index (χ0n) is 10.6. The van der Waals surface area contributed by atoms with Crippen molar-refractivity contribution in [2.24, 2.45) is 5.92 Å². The number of aliphatic hydroxyl groups is 1. The molecule has 0 saturated heterocycles. The van der Waals surface area contributed by atoms with E-state index in [-0.39, 0.29) is 28.1 Å². The number of aliphatic hydroxyl groups excluding tert-OH is 1. The number of aromatic nitrogens is 1. The first-order valence-electron chi connectivity index (χ1n) is 6.00. The molecule has 0 aromatic carbocycles. The van der Waals surface area contributed by atoms with Crippen molar-refractivity contribution >= 4 is 23.0 Å². The predicted molar refractivity (Wildman–Crippen MR) is 73.5 cm³/mol. The quantitative estimate of drug-likeness (QED) is 0.386. The van der Waals surface area contributed by atoms with Gasteiger partial charge in [0.15, 0.2) is 0 Å². The van der Waals surface area contributed by atoms with Gasteiger partial charge in [0.1, 0.15) is 28.2 Å². The molecular formula is C13H10F3N3OS. The molecule has 4 nitrogen and oxygen atoms in total. The monoisotopic (exact) mass is 313 g/mol. The molecule has 8 heteroatoms. The van der Waals surface area contributed by atoms with Gasteiger partial charge in [0.05, 0.1) is 5.56 Å². The van der Waals surface area contributed by atoms with Crippen LogP contribution in [-0.2, 0) is 6.18 Å². The van der Waals surface area contributed by atoms with Crippen LogP contribution >= 0.6 is 12.2 Å². The molecule has 2 rings (SSSR count). The minimum atomic E-state index is -4.46. The highest BCUT2D eigenvalue weighted by Gasteiger charge is 2.31. The highest BCUT2D eigenvalue weighted by molar-refractivity contribution is 7.81. The summed E-state index contributed by atoms with van der Waals surface area (Å²) in [5.41, 5.74) is -0.954. The van der Waals surface area contributed by atoms with E-state index in [2.05, 4.69) is 10.3 Å². The van der Waals surface area contributed by atoms with Gasteiger partial charge in [-0.15, -0.1) is 0 Å². The Bertz CT molecular complexity index is 628. The molecule has 1 saturated carbocycles. The number of hydrogen-bond acceptors (Lipinski definition) is 4. The standard InChI is InChI=1S/C13H10F3N3OS/c14-13(15,16)8-3-4-10(18-6-8)19-12(21)9(5-17)11(20)7-1-2-7/h3-4,6-7,20H,1-2H2,(H,18,19,21). The summed E-state index contributed by atoms with van der Waals surface area (Å²) >= 11 is 4.97. The molecule has 2 N–H and O–H groups in total. The zero-order chi connectivity index (χ0) is 15.6. The Morgan fingerprint density at radius 2 is 2.10 bits per heavy atom. The van der Waals surface area contributed by atoms with Crippen LogP contribution in [0.2, 0.25) is 0 Å². The maximum Gasteiger partial charge on any atom is 0.417 e. The molecule has 1 aliphatic carbocycles. The highest BCUT2D eigenvalue weighted by Crippen LogP contribution is 2.36. The number of nitrogens with zero attached hydrogens (tertiary/aromatic N) is 2. The zero-order valence-corrected chi connectivity index (χ0v) is 11.4. The third-order valence-electron chi connectivity index (χ3n) is 2.89. The number of pyridine rings is 1. The van der Waals surface area contributed by atoms with Gasteiger partial charge in [-0.1, -0.05) is 12.2 Å². The van der Waals surface area contributed by atoms with E-state index in [4.69, 9.17) is 17.5 Å². The van der Waals surface area contributed by atoms with Crippen LogP contribution in [0.3, 0.4) is 0 Å². The minimum Gasteiger partial charge on any atom is -0.511 e. The number of nitrogens with one attached hydrogen (secondary N) is 1. The Kier molecular flexibility index (Phi) is 4.14. The van der Waals surface area contributed by atoms with Crippen molar-refractivity contribution in [1.82, 2.24) is 4.98 Å². The van der Waals surface area contributed by atoms with Crippen LogP contribution in [0.15, 0.2) is 29.7 Å². The van der Waals surface area contributed by atoms with Gasteiger partial charge in [-0.3, -0.25) is 0 Å². The lowest BCUT2D eigenvalue weighted by molar-refractivity contribution is -0.137. The van der Waals surface area contributed by atoms with Crippen molar-refractivity contribution < 1.29 is 18.3 Å². The molecule has 0 aliphatic heterocycles. The Labute approximate surface area is 123 Å². The van der Waals surface area contributed by atoms with Gasteiger partial charge in [0.2, 0.25) is 0 Å². The Morgan fingerprint density at radius 1 is 1.43 bits per heavy atom. The van der Waals surface area contributed by atoms with E-state index in [1.54, 1.807) is 6.07 Å². The van der Waals surface area contributed by atoms with Gasteiger partial charge in [-0.25, -0.2) is 4.98 Å². The molecule has 0 amide bonds. The van der Waals surface area contributed by atoms with Crippen LogP contribution in [0.5, 0.6) is 0 Å². The summed E-state index contributed by atoms with van der Waals surface area (Å²) in [6.45, 7) is 0. The topological polar surface area (TPSA) is 68.9 Å². The number of thiocarbonyl (C=S) groups is 1. The predicted octanol–water partition coefficient (Wildman–Crippen LogP) is 3.59. The lowest BCUT2D eigenvalue weighted by Gasteiger charge is -2.09. The van der Waals surface area contributed by atoms with Gasteiger partial charge in [0.25, 0.3) is 0 Å². The summed E-state index contributed by atoms with van der Waals surface area (Å²) in [4.78, 5) is 3.53. The molecule has 1 heterocycles. The van der Waals surface area contributed by atoms with E-state index in [0.717, 1.165) is 25.0 Å². The molecule has 1 aliphatic rings. The second-order valence-corrected chi connectivity index (χ2v) is 4.94. The largest absolute Gasteiger partial charge is 0.511 e. The van der Waals surface area contributed by atoms with E-state index in [1.807, 2.05) is 0 Å². The number of anilines is 1. The van der Waals surface area contributed by atoms with Gasteiger partial charge < -0.3 is 10.4 Å². The van der Waals surface area contributed by atoms with Crippen LogP contribution in [0, 0.1) is 17.2 Å². The van der Waals surface area contributed by atoms with Crippen molar-refractivity contribution in [2.75, 3.05) is 5.32 Å². The van der Waals surface area contributed by atoms with Gasteiger partial charge >= 0.3 is 6.18 Å². The molecule has 1 aromatic heterocycles. The number of halogens is 3. The molecule has 0 radical (unpaired) electrons. The number of alkyl halides is 3. The van der Waals surface area contributed by atoms with E-state index >= 15 is 0 Å². The second-order valence-electron chi connectivity index (χ2n) is 4.53. The van der Waals surface area contributed by atoms with Crippen molar-refractivity contribution in [1.29, 1.82) is 5.26 Å². The van der Waals surface area contributed by atoms with E-state index in [9.17, 15) is 18.3 Å². The van der Waals surface area contributed by atoms with Crippen molar-refractivity contribution in [3.05, 3.63) is 35.2 Å². The molecule has 0 spiro atoms. The van der Waals surface area contributed by atoms with Gasteiger partial charge in [-0.2, -0.15) is 18.4 Å². The summed E-state index contributed by atoms with van der Waals surface area (Å²) in [7, 11) is 0. The fourth-order valence-corrected chi connectivity index (χ4v) is 1.85. The second kappa shape index (κ2) is 5.69. The number of allylic oxidation sites excluding steroid dienone is 1. The van der Waals surface area contributed by atoms with Crippen LogP contribution in [0.25, 0.3) is 0 Å². The van der Waals surface area contributed by atoms with E-state index < -0.39 is 11.7 Å². The lowest BCUT2D eigenvalue weighted by atomic mass is 10.2. The first-order chi connectivity index (χ1) is 9.82. The maximum absolute atomic E-state index is 12.4. The molecule has 1 aromatic rings. The molecule has 0 bridgehead atoms. The van der Waals surface area contributed by atoms with Gasteiger partial charge in [0, 0.05) is 12.1 Å².